The Hall–Kier alpha value is -1.23. The van der Waals surface area contributed by atoms with Crippen molar-refractivity contribution in [3.63, 3.8) is 0 Å². The van der Waals surface area contributed by atoms with Gasteiger partial charge in [-0.05, 0) is 38.5 Å². The molecule has 1 aliphatic rings. The quantitative estimate of drug-likeness (QED) is 0.907. The minimum Gasteiger partial charge on any atom is -0.354 e. The molecule has 1 fully saturated rings. The van der Waals surface area contributed by atoms with Crippen molar-refractivity contribution in [1.29, 1.82) is 0 Å². The van der Waals surface area contributed by atoms with E-state index in [0.29, 0.717) is 23.3 Å². The maximum absolute atomic E-state index is 14.1. The SMILES string of the molecule is CCN(C[C@@H]1CC[C@H](C)[C@H]1N)c1ncnc(C)c1F. The van der Waals surface area contributed by atoms with Gasteiger partial charge in [0.1, 0.15) is 6.33 Å². The van der Waals surface area contributed by atoms with Crippen molar-refractivity contribution in [2.24, 2.45) is 17.6 Å². The maximum atomic E-state index is 14.1. The summed E-state index contributed by atoms with van der Waals surface area (Å²) in [6.07, 6.45) is 3.70. The third kappa shape index (κ3) is 2.86. The first-order valence-corrected chi connectivity index (χ1v) is 7.02. The summed E-state index contributed by atoms with van der Waals surface area (Å²) < 4.78 is 14.1. The summed E-state index contributed by atoms with van der Waals surface area (Å²) >= 11 is 0. The van der Waals surface area contributed by atoms with Crippen molar-refractivity contribution >= 4 is 5.82 Å². The molecule has 3 atom stereocenters. The fraction of sp³-hybridized carbons (Fsp3) is 0.714. The van der Waals surface area contributed by atoms with Gasteiger partial charge >= 0.3 is 0 Å². The molecule has 0 unspecified atom stereocenters. The lowest BCUT2D eigenvalue weighted by atomic mass is 9.99. The van der Waals surface area contributed by atoms with Gasteiger partial charge in [0.25, 0.3) is 0 Å². The van der Waals surface area contributed by atoms with Crippen LogP contribution < -0.4 is 10.6 Å². The standard InChI is InChI=1S/C14H23FN4/c1-4-19(7-11-6-5-9(2)13(11)16)14-12(15)10(3)17-8-18-14/h8-9,11,13H,4-7,16H2,1-3H3/t9-,11-,13+/m0/s1. The number of hydrogen-bond donors (Lipinski definition) is 1. The molecule has 0 spiro atoms. The number of nitrogens with zero attached hydrogens (tertiary/aromatic N) is 3. The van der Waals surface area contributed by atoms with E-state index in [2.05, 4.69) is 16.9 Å². The Kier molecular flexibility index (Phi) is 4.34. The summed E-state index contributed by atoms with van der Waals surface area (Å²) in [4.78, 5) is 9.95. The lowest BCUT2D eigenvalue weighted by Gasteiger charge is -2.28. The van der Waals surface area contributed by atoms with Crippen LogP contribution in [0.1, 0.15) is 32.4 Å². The van der Waals surface area contributed by atoms with Crippen LogP contribution in [0.4, 0.5) is 10.2 Å². The molecule has 19 heavy (non-hydrogen) atoms. The van der Waals surface area contributed by atoms with Gasteiger partial charge in [-0.15, -0.1) is 0 Å². The van der Waals surface area contributed by atoms with E-state index < -0.39 is 0 Å². The molecule has 1 heterocycles. The average Bonchev–Trinajstić information content (AvgIpc) is 2.71. The second-order valence-corrected chi connectivity index (χ2v) is 5.53. The molecule has 1 aromatic rings. The molecule has 2 N–H and O–H groups in total. The average molecular weight is 266 g/mol. The number of hydrogen-bond acceptors (Lipinski definition) is 4. The van der Waals surface area contributed by atoms with Crippen LogP contribution in [0, 0.1) is 24.6 Å². The monoisotopic (exact) mass is 266 g/mol. The Balaban J connectivity index is 2.14. The summed E-state index contributed by atoms with van der Waals surface area (Å²) in [5, 5.41) is 0. The van der Waals surface area contributed by atoms with Gasteiger partial charge in [0.2, 0.25) is 0 Å². The highest BCUT2D eigenvalue weighted by Crippen LogP contribution is 2.31. The van der Waals surface area contributed by atoms with Crippen LogP contribution >= 0.6 is 0 Å². The van der Waals surface area contributed by atoms with Crippen LogP contribution in [0.3, 0.4) is 0 Å². The number of halogens is 1. The second kappa shape index (κ2) is 5.82. The van der Waals surface area contributed by atoms with Crippen LogP contribution in [-0.4, -0.2) is 29.1 Å². The van der Waals surface area contributed by atoms with Gasteiger partial charge in [-0.25, -0.2) is 14.4 Å². The van der Waals surface area contributed by atoms with Crippen molar-refractivity contribution in [2.75, 3.05) is 18.0 Å². The third-order valence-electron chi connectivity index (χ3n) is 4.28. The molecular weight excluding hydrogens is 243 g/mol. The number of aromatic nitrogens is 2. The predicted molar refractivity (Wildman–Crippen MR) is 74.5 cm³/mol. The highest BCUT2D eigenvalue weighted by Gasteiger charge is 2.32. The Morgan fingerprint density at radius 1 is 1.42 bits per heavy atom. The van der Waals surface area contributed by atoms with Crippen molar-refractivity contribution in [2.45, 2.75) is 39.7 Å². The lowest BCUT2D eigenvalue weighted by molar-refractivity contribution is 0.424. The topological polar surface area (TPSA) is 55.0 Å². The summed E-state index contributed by atoms with van der Waals surface area (Å²) in [5.74, 6) is 1.07. The normalized spacial score (nSPS) is 26.7. The van der Waals surface area contributed by atoms with E-state index in [0.717, 1.165) is 25.9 Å². The van der Waals surface area contributed by atoms with Gasteiger partial charge in [0, 0.05) is 19.1 Å². The molecule has 1 saturated carbocycles. The molecule has 0 aliphatic heterocycles. The number of aryl methyl sites for hydroxylation is 1. The molecule has 1 aliphatic carbocycles. The van der Waals surface area contributed by atoms with Crippen LogP contribution in [-0.2, 0) is 0 Å². The summed E-state index contributed by atoms with van der Waals surface area (Å²) in [6, 6.07) is 0.208. The summed E-state index contributed by atoms with van der Waals surface area (Å²) in [6.45, 7) is 7.37. The molecule has 106 valence electrons. The van der Waals surface area contributed by atoms with Crippen molar-refractivity contribution in [3.8, 4) is 0 Å². The van der Waals surface area contributed by atoms with Gasteiger partial charge in [-0.3, -0.25) is 0 Å². The smallest absolute Gasteiger partial charge is 0.186 e. The van der Waals surface area contributed by atoms with E-state index in [1.807, 2.05) is 11.8 Å². The molecule has 4 nitrogen and oxygen atoms in total. The fourth-order valence-electron chi connectivity index (χ4n) is 2.85. The zero-order chi connectivity index (χ0) is 14.0. The summed E-state index contributed by atoms with van der Waals surface area (Å²) in [7, 11) is 0. The third-order valence-corrected chi connectivity index (χ3v) is 4.28. The first-order chi connectivity index (χ1) is 9.04. The molecule has 0 bridgehead atoms. The first kappa shape index (κ1) is 14.2. The van der Waals surface area contributed by atoms with Crippen LogP contribution in [0.5, 0.6) is 0 Å². The van der Waals surface area contributed by atoms with E-state index in [-0.39, 0.29) is 11.9 Å². The molecular formula is C14H23FN4. The molecule has 0 radical (unpaired) electrons. The lowest BCUT2D eigenvalue weighted by Crippen LogP contribution is -2.39. The summed E-state index contributed by atoms with van der Waals surface area (Å²) in [5.41, 5.74) is 6.61. The Bertz CT molecular complexity index is 437. The van der Waals surface area contributed by atoms with Crippen molar-refractivity contribution < 1.29 is 4.39 Å². The Morgan fingerprint density at radius 2 is 2.16 bits per heavy atom. The van der Waals surface area contributed by atoms with Gasteiger partial charge in [-0.2, -0.15) is 0 Å². The minimum absolute atomic E-state index is 0.208. The zero-order valence-electron chi connectivity index (χ0n) is 11.9. The molecule has 0 saturated heterocycles. The van der Waals surface area contributed by atoms with Crippen molar-refractivity contribution in [1.82, 2.24) is 9.97 Å². The van der Waals surface area contributed by atoms with E-state index in [1.54, 1.807) is 6.92 Å². The molecule has 1 aromatic heterocycles. The molecule has 0 aromatic carbocycles. The van der Waals surface area contributed by atoms with Gasteiger partial charge in [-0.1, -0.05) is 6.92 Å². The van der Waals surface area contributed by atoms with Crippen LogP contribution in [0.2, 0.25) is 0 Å². The number of anilines is 1. The van der Waals surface area contributed by atoms with E-state index in [1.165, 1.54) is 6.33 Å². The minimum atomic E-state index is -0.316. The number of nitrogens with two attached hydrogens (primary N) is 1. The van der Waals surface area contributed by atoms with Crippen molar-refractivity contribution in [3.05, 3.63) is 17.8 Å². The van der Waals surface area contributed by atoms with E-state index >= 15 is 0 Å². The predicted octanol–water partition coefficient (Wildman–Crippen LogP) is 2.12. The zero-order valence-corrected chi connectivity index (χ0v) is 11.9. The maximum Gasteiger partial charge on any atom is 0.186 e. The van der Waals surface area contributed by atoms with Crippen LogP contribution in [0.25, 0.3) is 0 Å². The highest BCUT2D eigenvalue weighted by molar-refractivity contribution is 5.40. The molecule has 5 heteroatoms. The fourth-order valence-corrected chi connectivity index (χ4v) is 2.85. The van der Waals surface area contributed by atoms with E-state index in [4.69, 9.17) is 5.73 Å². The molecule has 2 rings (SSSR count). The largest absolute Gasteiger partial charge is 0.354 e. The van der Waals surface area contributed by atoms with Crippen LogP contribution in [0.15, 0.2) is 6.33 Å². The van der Waals surface area contributed by atoms with Gasteiger partial charge in [0.05, 0.1) is 5.69 Å². The first-order valence-electron chi connectivity index (χ1n) is 7.02. The Labute approximate surface area is 114 Å². The Morgan fingerprint density at radius 3 is 2.74 bits per heavy atom. The van der Waals surface area contributed by atoms with Gasteiger partial charge < -0.3 is 10.6 Å². The molecule has 0 amide bonds. The second-order valence-electron chi connectivity index (χ2n) is 5.53. The number of rotatable bonds is 4. The van der Waals surface area contributed by atoms with Gasteiger partial charge in [0.15, 0.2) is 11.6 Å². The highest BCUT2D eigenvalue weighted by atomic mass is 19.1. The van der Waals surface area contributed by atoms with E-state index in [9.17, 15) is 4.39 Å².